The first-order valence-electron chi connectivity index (χ1n) is 5.83. The fourth-order valence-corrected chi connectivity index (χ4v) is 1.95. The second kappa shape index (κ2) is 7.72. The Morgan fingerprint density at radius 1 is 1.32 bits per heavy atom. The largest absolute Gasteiger partial charge is 0.416 e. The number of ether oxygens (including phenoxy) is 1. The first kappa shape index (κ1) is 18.2. The molecular weight excluding hydrogens is 279 g/mol. The molecule has 0 heterocycles. The Hall–Kier alpha value is -0.780. The average molecular weight is 298 g/mol. The van der Waals surface area contributed by atoms with E-state index >= 15 is 0 Å². The molecule has 0 saturated heterocycles. The van der Waals surface area contributed by atoms with Crippen LogP contribution in [0.1, 0.15) is 31.1 Å². The summed E-state index contributed by atoms with van der Waals surface area (Å²) in [5.74, 6) is 0. The van der Waals surface area contributed by atoms with Crippen molar-refractivity contribution in [2.45, 2.75) is 32.2 Å². The van der Waals surface area contributed by atoms with Crippen LogP contribution in [0.4, 0.5) is 13.2 Å². The van der Waals surface area contributed by atoms with Gasteiger partial charge in [-0.05, 0) is 31.2 Å². The summed E-state index contributed by atoms with van der Waals surface area (Å²) in [5.41, 5.74) is -0.119. The van der Waals surface area contributed by atoms with E-state index in [4.69, 9.17) is 4.74 Å². The smallest absolute Gasteiger partial charge is 0.375 e. The molecule has 0 radical (unpaired) electrons. The van der Waals surface area contributed by atoms with E-state index in [-0.39, 0.29) is 18.4 Å². The number of methoxy groups -OCH3 is 1. The third-order valence-corrected chi connectivity index (χ3v) is 2.78. The van der Waals surface area contributed by atoms with E-state index in [1.54, 1.807) is 6.07 Å². The normalized spacial score (nSPS) is 14.6. The summed E-state index contributed by atoms with van der Waals surface area (Å²) in [7, 11) is 1.50. The molecule has 2 atom stereocenters. The van der Waals surface area contributed by atoms with E-state index in [1.807, 2.05) is 13.8 Å². The zero-order valence-electron chi connectivity index (χ0n) is 11.1. The zero-order valence-corrected chi connectivity index (χ0v) is 11.9. The van der Waals surface area contributed by atoms with Gasteiger partial charge in [0.05, 0.1) is 11.7 Å². The van der Waals surface area contributed by atoms with E-state index in [1.165, 1.54) is 13.2 Å². The number of hydrogen-bond donors (Lipinski definition) is 1. The third-order valence-electron chi connectivity index (χ3n) is 2.78. The minimum atomic E-state index is -4.32. The van der Waals surface area contributed by atoms with Crippen LogP contribution in [0.25, 0.3) is 0 Å². The fraction of sp³-hybridized carbons (Fsp3) is 0.538. The van der Waals surface area contributed by atoms with Crippen LogP contribution in [0, 0.1) is 0 Å². The van der Waals surface area contributed by atoms with Crippen molar-refractivity contribution in [3.05, 3.63) is 35.4 Å². The highest BCUT2D eigenvalue weighted by molar-refractivity contribution is 5.85. The van der Waals surface area contributed by atoms with Gasteiger partial charge >= 0.3 is 6.18 Å². The minimum absolute atomic E-state index is 0. The summed E-state index contributed by atoms with van der Waals surface area (Å²) in [6.45, 7) is 4.56. The molecule has 2 unspecified atom stereocenters. The first-order valence-corrected chi connectivity index (χ1v) is 5.83. The van der Waals surface area contributed by atoms with E-state index in [2.05, 4.69) is 5.32 Å². The number of alkyl halides is 3. The van der Waals surface area contributed by atoms with Gasteiger partial charge in [0.25, 0.3) is 0 Å². The van der Waals surface area contributed by atoms with Gasteiger partial charge in [-0.2, -0.15) is 13.2 Å². The number of nitrogens with one attached hydrogen (secondary N) is 1. The van der Waals surface area contributed by atoms with Crippen molar-refractivity contribution >= 4 is 12.4 Å². The SMILES string of the molecule is CCNC(C)C(OC)c1cccc(C(F)(F)F)c1.Cl. The molecule has 0 saturated carbocycles. The minimum Gasteiger partial charge on any atom is -0.375 e. The molecule has 1 aromatic carbocycles. The molecule has 1 aromatic rings. The molecule has 0 spiro atoms. The summed E-state index contributed by atoms with van der Waals surface area (Å²) in [6.07, 6.45) is -4.72. The van der Waals surface area contributed by atoms with Gasteiger partial charge in [-0.1, -0.05) is 19.1 Å². The van der Waals surface area contributed by atoms with Crippen LogP contribution in [0.2, 0.25) is 0 Å². The Balaban J connectivity index is 0.00000324. The van der Waals surface area contributed by atoms with Crippen LogP contribution in [-0.2, 0) is 10.9 Å². The fourth-order valence-electron chi connectivity index (χ4n) is 1.95. The standard InChI is InChI=1S/C13H18F3NO.ClH/c1-4-17-9(2)12(18-3)10-6-5-7-11(8-10)13(14,15)16;/h5-9,12,17H,4H2,1-3H3;1H. The number of halogens is 4. The second-order valence-electron chi connectivity index (χ2n) is 4.13. The molecule has 19 heavy (non-hydrogen) atoms. The first-order chi connectivity index (χ1) is 8.40. The molecule has 0 aliphatic heterocycles. The van der Waals surface area contributed by atoms with Crippen molar-refractivity contribution in [3.8, 4) is 0 Å². The average Bonchev–Trinajstić information content (AvgIpc) is 2.29. The van der Waals surface area contributed by atoms with Gasteiger partial charge in [0.2, 0.25) is 0 Å². The number of rotatable bonds is 5. The van der Waals surface area contributed by atoms with Crippen molar-refractivity contribution in [2.24, 2.45) is 0 Å². The van der Waals surface area contributed by atoms with Gasteiger partial charge in [0.15, 0.2) is 0 Å². The number of benzene rings is 1. The Bertz CT molecular complexity index is 384. The summed E-state index contributed by atoms with van der Waals surface area (Å²) < 4.78 is 43.2. The predicted molar refractivity (Wildman–Crippen MR) is 71.6 cm³/mol. The van der Waals surface area contributed by atoms with E-state index in [0.717, 1.165) is 18.7 Å². The Labute approximate surface area is 117 Å². The van der Waals surface area contributed by atoms with Crippen LogP contribution < -0.4 is 5.32 Å². The van der Waals surface area contributed by atoms with Gasteiger partial charge in [-0.15, -0.1) is 12.4 Å². The highest BCUT2D eigenvalue weighted by Crippen LogP contribution is 2.31. The summed E-state index contributed by atoms with van der Waals surface area (Å²) in [4.78, 5) is 0. The van der Waals surface area contributed by atoms with Crippen LogP contribution >= 0.6 is 12.4 Å². The Morgan fingerprint density at radius 3 is 2.42 bits per heavy atom. The molecule has 0 amide bonds. The molecule has 1 N–H and O–H groups in total. The Morgan fingerprint density at radius 2 is 1.95 bits per heavy atom. The summed E-state index contributed by atoms with van der Waals surface area (Å²) in [6, 6.07) is 5.21. The van der Waals surface area contributed by atoms with Crippen molar-refractivity contribution in [3.63, 3.8) is 0 Å². The lowest BCUT2D eigenvalue weighted by Crippen LogP contribution is -2.33. The molecule has 110 valence electrons. The van der Waals surface area contributed by atoms with Gasteiger partial charge in [-0.25, -0.2) is 0 Å². The zero-order chi connectivity index (χ0) is 13.8. The second-order valence-corrected chi connectivity index (χ2v) is 4.13. The molecule has 0 bridgehead atoms. The molecule has 2 nitrogen and oxygen atoms in total. The third kappa shape index (κ3) is 5.01. The maximum absolute atomic E-state index is 12.6. The van der Waals surface area contributed by atoms with E-state index in [0.29, 0.717) is 5.56 Å². The van der Waals surface area contributed by atoms with Gasteiger partial charge in [0, 0.05) is 13.2 Å². The number of likely N-dealkylation sites (N-methyl/N-ethyl adjacent to an activating group) is 1. The quantitative estimate of drug-likeness (QED) is 0.892. The summed E-state index contributed by atoms with van der Waals surface area (Å²) >= 11 is 0. The lowest BCUT2D eigenvalue weighted by molar-refractivity contribution is -0.137. The van der Waals surface area contributed by atoms with Crippen molar-refractivity contribution in [2.75, 3.05) is 13.7 Å². The molecule has 0 fully saturated rings. The van der Waals surface area contributed by atoms with Crippen molar-refractivity contribution < 1.29 is 17.9 Å². The molecule has 0 aromatic heterocycles. The maximum atomic E-state index is 12.6. The van der Waals surface area contributed by atoms with Crippen molar-refractivity contribution in [1.82, 2.24) is 5.32 Å². The van der Waals surface area contributed by atoms with Crippen molar-refractivity contribution in [1.29, 1.82) is 0 Å². The molecule has 6 heteroatoms. The topological polar surface area (TPSA) is 21.3 Å². The maximum Gasteiger partial charge on any atom is 0.416 e. The van der Waals surface area contributed by atoms with Gasteiger partial charge < -0.3 is 10.1 Å². The van der Waals surface area contributed by atoms with Crippen LogP contribution in [0.15, 0.2) is 24.3 Å². The van der Waals surface area contributed by atoms with Gasteiger partial charge in [0.1, 0.15) is 0 Å². The highest BCUT2D eigenvalue weighted by Gasteiger charge is 2.31. The molecule has 0 aliphatic rings. The van der Waals surface area contributed by atoms with E-state index < -0.39 is 17.8 Å². The lowest BCUT2D eigenvalue weighted by Gasteiger charge is -2.24. The Kier molecular flexibility index (Phi) is 7.41. The molecule has 1 rings (SSSR count). The van der Waals surface area contributed by atoms with Gasteiger partial charge in [-0.3, -0.25) is 0 Å². The monoisotopic (exact) mass is 297 g/mol. The summed E-state index contributed by atoms with van der Waals surface area (Å²) in [5, 5.41) is 3.15. The van der Waals surface area contributed by atoms with Crippen LogP contribution in [0.5, 0.6) is 0 Å². The molecule has 0 aliphatic carbocycles. The van der Waals surface area contributed by atoms with E-state index in [9.17, 15) is 13.2 Å². The lowest BCUT2D eigenvalue weighted by atomic mass is 10.0. The van der Waals surface area contributed by atoms with Crippen LogP contribution in [-0.4, -0.2) is 19.7 Å². The molecular formula is C13H19ClF3NO. The highest BCUT2D eigenvalue weighted by atomic mass is 35.5. The number of hydrogen-bond acceptors (Lipinski definition) is 2. The predicted octanol–water partition coefficient (Wildman–Crippen LogP) is 3.81. The van der Waals surface area contributed by atoms with Crippen LogP contribution in [0.3, 0.4) is 0 Å².